The second kappa shape index (κ2) is 8.66. The standard InChI is InChI=1S/C19H23ClN2O3S/c1-4-5-6-14-7-9-15(10-8-14)21-19(23)17-13-16(11-12-18(17)20)26(24,25)22(2)3/h7-13H,4-6H2,1-3H3,(H,21,23). The summed E-state index contributed by atoms with van der Waals surface area (Å²) in [6, 6.07) is 11.7. The van der Waals surface area contributed by atoms with Crippen molar-refractivity contribution in [3.8, 4) is 0 Å². The van der Waals surface area contributed by atoms with Gasteiger partial charge in [-0.25, -0.2) is 12.7 Å². The molecule has 26 heavy (non-hydrogen) atoms. The van der Waals surface area contributed by atoms with Crippen LogP contribution in [0, 0.1) is 0 Å². The molecule has 0 atom stereocenters. The molecule has 2 rings (SSSR count). The van der Waals surface area contributed by atoms with Gasteiger partial charge in [-0.05, 0) is 48.7 Å². The van der Waals surface area contributed by atoms with Gasteiger partial charge in [0, 0.05) is 19.8 Å². The summed E-state index contributed by atoms with van der Waals surface area (Å²) < 4.78 is 25.6. The molecule has 0 aliphatic carbocycles. The summed E-state index contributed by atoms with van der Waals surface area (Å²) in [6.07, 6.45) is 3.25. The minimum atomic E-state index is -3.64. The first-order valence-corrected chi connectivity index (χ1v) is 10.2. The van der Waals surface area contributed by atoms with Crippen molar-refractivity contribution in [3.05, 3.63) is 58.6 Å². The van der Waals surface area contributed by atoms with Gasteiger partial charge in [0.2, 0.25) is 10.0 Å². The fraction of sp³-hybridized carbons (Fsp3) is 0.316. The van der Waals surface area contributed by atoms with Crippen LogP contribution in [0.15, 0.2) is 47.4 Å². The number of hydrogen-bond donors (Lipinski definition) is 1. The third-order valence-electron chi connectivity index (χ3n) is 3.99. The predicted molar refractivity (Wildman–Crippen MR) is 105 cm³/mol. The lowest BCUT2D eigenvalue weighted by atomic mass is 10.1. The monoisotopic (exact) mass is 394 g/mol. The number of hydrogen-bond acceptors (Lipinski definition) is 3. The molecule has 0 spiro atoms. The molecule has 1 amide bonds. The number of carbonyl (C=O) groups is 1. The Morgan fingerprint density at radius 1 is 1.12 bits per heavy atom. The van der Waals surface area contributed by atoms with Crippen LogP contribution in [0.25, 0.3) is 0 Å². The summed E-state index contributed by atoms with van der Waals surface area (Å²) in [5, 5.41) is 2.95. The lowest BCUT2D eigenvalue weighted by molar-refractivity contribution is 0.102. The van der Waals surface area contributed by atoms with E-state index >= 15 is 0 Å². The molecule has 7 heteroatoms. The van der Waals surface area contributed by atoms with Crippen LogP contribution in [0.4, 0.5) is 5.69 Å². The van der Waals surface area contributed by atoms with E-state index in [9.17, 15) is 13.2 Å². The second-order valence-corrected chi connectivity index (χ2v) is 8.74. The van der Waals surface area contributed by atoms with Crippen molar-refractivity contribution in [2.45, 2.75) is 31.1 Å². The number of sulfonamides is 1. The molecule has 140 valence electrons. The zero-order valence-electron chi connectivity index (χ0n) is 15.1. The summed E-state index contributed by atoms with van der Waals surface area (Å²) in [5.41, 5.74) is 1.96. The summed E-state index contributed by atoms with van der Waals surface area (Å²) in [5.74, 6) is -0.452. The fourth-order valence-corrected chi connectivity index (χ4v) is 3.52. The van der Waals surface area contributed by atoms with E-state index in [4.69, 9.17) is 11.6 Å². The number of aryl methyl sites for hydroxylation is 1. The zero-order valence-corrected chi connectivity index (χ0v) is 16.7. The van der Waals surface area contributed by atoms with Crippen molar-refractivity contribution in [1.82, 2.24) is 4.31 Å². The van der Waals surface area contributed by atoms with Crippen molar-refractivity contribution >= 4 is 33.2 Å². The number of nitrogens with zero attached hydrogens (tertiary/aromatic N) is 1. The summed E-state index contributed by atoms with van der Waals surface area (Å²) in [7, 11) is -0.774. The van der Waals surface area contributed by atoms with Gasteiger partial charge in [0.1, 0.15) is 0 Å². The molecule has 0 aliphatic heterocycles. The molecule has 0 fully saturated rings. The highest BCUT2D eigenvalue weighted by molar-refractivity contribution is 7.89. The summed E-state index contributed by atoms with van der Waals surface area (Å²) in [4.78, 5) is 12.6. The van der Waals surface area contributed by atoms with Gasteiger partial charge in [-0.3, -0.25) is 4.79 Å². The van der Waals surface area contributed by atoms with Crippen LogP contribution in [-0.2, 0) is 16.4 Å². The highest BCUT2D eigenvalue weighted by atomic mass is 35.5. The number of rotatable bonds is 7. The van der Waals surface area contributed by atoms with Gasteiger partial charge >= 0.3 is 0 Å². The van der Waals surface area contributed by atoms with Gasteiger partial charge in [0.15, 0.2) is 0 Å². The quantitative estimate of drug-likeness (QED) is 0.765. The van der Waals surface area contributed by atoms with Crippen LogP contribution in [0.1, 0.15) is 35.7 Å². The Balaban J connectivity index is 2.21. The van der Waals surface area contributed by atoms with Crippen LogP contribution in [0.5, 0.6) is 0 Å². The van der Waals surface area contributed by atoms with Crippen LogP contribution in [0.2, 0.25) is 5.02 Å². The number of carbonyl (C=O) groups excluding carboxylic acids is 1. The van der Waals surface area contributed by atoms with Crippen LogP contribution in [0.3, 0.4) is 0 Å². The first kappa shape index (κ1) is 20.4. The average molecular weight is 395 g/mol. The average Bonchev–Trinajstić information content (AvgIpc) is 2.61. The maximum Gasteiger partial charge on any atom is 0.257 e. The van der Waals surface area contributed by atoms with Gasteiger partial charge in [-0.1, -0.05) is 37.1 Å². The number of unbranched alkanes of at least 4 members (excludes halogenated alkanes) is 1. The molecule has 0 unspecified atom stereocenters. The smallest absolute Gasteiger partial charge is 0.257 e. The molecule has 0 heterocycles. The van der Waals surface area contributed by atoms with Gasteiger partial charge in [-0.2, -0.15) is 0 Å². The van der Waals surface area contributed by atoms with Gasteiger partial charge < -0.3 is 5.32 Å². The molecule has 2 aromatic rings. The molecule has 5 nitrogen and oxygen atoms in total. The van der Waals surface area contributed by atoms with Crippen molar-refractivity contribution in [2.24, 2.45) is 0 Å². The highest BCUT2D eigenvalue weighted by Crippen LogP contribution is 2.23. The molecule has 0 radical (unpaired) electrons. The minimum absolute atomic E-state index is 0.0203. The van der Waals surface area contributed by atoms with Gasteiger partial charge in [-0.15, -0.1) is 0 Å². The fourth-order valence-electron chi connectivity index (χ4n) is 2.38. The van der Waals surface area contributed by atoms with Crippen molar-refractivity contribution in [2.75, 3.05) is 19.4 Å². The minimum Gasteiger partial charge on any atom is -0.322 e. The van der Waals surface area contributed by atoms with E-state index < -0.39 is 15.9 Å². The summed E-state index contributed by atoms with van der Waals surface area (Å²) >= 11 is 6.10. The Morgan fingerprint density at radius 2 is 1.77 bits per heavy atom. The van der Waals surface area contributed by atoms with E-state index in [0.29, 0.717) is 5.69 Å². The Morgan fingerprint density at radius 3 is 2.35 bits per heavy atom. The topological polar surface area (TPSA) is 66.5 Å². The Bertz CT molecular complexity index is 878. The van der Waals surface area contributed by atoms with E-state index in [0.717, 1.165) is 23.6 Å². The Labute approximate surface area is 160 Å². The summed E-state index contributed by atoms with van der Waals surface area (Å²) in [6.45, 7) is 2.14. The molecule has 0 aromatic heterocycles. The number of amides is 1. The molecule has 1 N–H and O–H groups in total. The SMILES string of the molecule is CCCCc1ccc(NC(=O)c2cc(S(=O)(=O)N(C)C)ccc2Cl)cc1. The molecule has 0 aliphatic rings. The molecule has 0 bridgehead atoms. The third kappa shape index (κ3) is 4.84. The molecular formula is C19H23ClN2O3S. The maximum absolute atomic E-state index is 12.5. The van der Waals surface area contributed by atoms with Gasteiger partial charge in [0.25, 0.3) is 5.91 Å². The number of benzene rings is 2. The van der Waals surface area contributed by atoms with E-state index in [-0.39, 0.29) is 15.5 Å². The molecule has 0 saturated carbocycles. The number of nitrogens with one attached hydrogen (secondary N) is 1. The predicted octanol–water partition coefficient (Wildman–Crippen LogP) is 4.19. The number of anilines is 1. The first-order valence-electron chi connectivity index (χ1n) is 8.38. The van der Waals surface area contributed by atoms with Crippen molar-refractivity contribution in [1.29, 1.82) is 0 Å². The molecule has 2 aromatic carbocycles. The van der Waals surface area contributed by atoms with E-state index in [1.54, 1.807) is 0 Å². The van der Waals surface area contributed by atoms with E-state index in [1.807, 2.05) is 24.3 Å². The van der Waals surface area contributed by atoms with Crippen molar-refractivity contribution in [3.63, 3.8) is 0 Å². The normalized spacial score (nSPS) is 11.6. The van der Waals surface area contributed by atoms with Crippen LogP contribution < -0.4 is 5.32 Å². The lowest BCUT2D eigenvalue weighted by Crippen LogP contribution is -2.23. The molecule has 0 saturated heterocycles. The lowest BCUT2D eigenvalue weighted by Gasteiger charge is -2.13. The van der Waals surface area contributed by atoms with Crippen molar-refractivity contribution < 1.29 is 13.2 Å². The van der Waals surface area contributed by atoms with E-state index in [2.05, 4.69) is 12.2 Å². The highest BCUT2D eigenvalue weighted by Gasteiger charge is 2.20. The van der Waals surface area contributed by atoms with E-state index in [1.165, 1.54) is 37.9 Å². The Kier molecular flexibility index (Phi) is 6.81. The third-order valence-corrected chi connectivity index (χ3v) is 6.13. The first-order chi connectivity index (χ1) is 12.3. The maximum atomic E-state index is 12.5. The largest absolute Gasteiger partial charge is 0.322 e. The second-order valence-electron chi connectivity index (χ2n) is 6.18. The molecular weight excluding hydrogens is 372 g/mol. The zero-order chi connectivity index (χ0) is 19.3. The Hall–Kier alpha value is -1.89. The number of halogens is 1. The van der Waals surface area contributed by atoms with Gasteiger partial charge in [0.05, 0.1) is 15.5 Å². The van der Waals surface area contributed by atoms with Crippen LogP contribution >= 0.6 is 11.6 Å². The van der Waals surface area contributed by atoms with Crippen LogP contribution in [-0.4, -0.2) is 32.7 Å².